The summed E-state index contributed by atoms with van der Waals surface area (Å²) in [6.07, 6.45) is 0.889. The number of aryl methyl sites for hydroxylation is 2. The number of hydrogen-bond donors (Lipinski definition) is 2. The van der Waals surface area contributed by atoms with E-state index in [-0.39, 0.29) is 5.75 Å². The number of imidazole rings is 1. The van der Waals surface area contributed by atoms with Gasteiger partial charge in [-0.15, -0.1) is 0 Å². The number of nitrogens with one attached hydrogen (secondary N) is 1. The minimum Gasteiger partial charge on any atom is -0.507 e. The van der Waals surface area contributed by atoms with Crippen molar-refractivity contribution in [3.8, 4) is 17.0 Å². The van der Waals surface area contributed by atoms with Gasteiger partial charge in [-0.1, -0.05) is 6.92 Å². The van der Waals surface area contributed by atoms with Crippen LogP contribution in [0.2, 0.25) is 0 Å². The van der Waals surface area contributed by atoms with Crippen LogP contribution in [0.3, 0.4) is 0 Å². The van der Waals surface area contributed by atoms with Gasteiger partial charge in [0.1, 0.15) is 11.6 Å². The molecule has 0 saturated carbocycles. The third-order valence-corrected chi connectivity index (χ3v) is 3.12. The highest BCUT2D eigenvalue weighted by molar-refractivity contribution is 9.10. The lowest BCUT2D eigenvalue weighted by atomic mass is 10.1. The molecule has 84 valence electrons. The maximum atomic E-state index is 9.44. The number of aromatic amines is 1. The molecule has 0 aliphatic heterocycles. The Morgan fingerprint density at radius 2 is 2.19 bits per heavy atom. The first kappa shape index (κ1) is 11.2. The van der Waals surface area contributed by atoms with Crippen molar-refractivity contribution in [3.05, 3.63) is 34.2 Å². The maximum absolute atomic E-state index is 9.44. The Morgan fingerprint density at radius 3 is 2.75 bits per heavy atom. The van der Waals surface area contributed by atoms with Crippen LogP contribution in [-0.4, -0.2) is 15.1 Å². The number of hydrogen-bond acceptors (Lipinski definition) is 2. The number of rotatable bonds is 2. The molecular weight excluding hydrogens is 268 g/mol. The lowest BCUT2D eigenvalue weighted by Gasteiger charge is -2.01. The summed E-state index contributed by atoms with van der Waals surface area (Å²) in [5.41, 5.74) is 2.99. The number of H-pyrrole nitrogens is 1. The van der Waals surface area contributed by atoms with E-state index in [4.69, 9.17) is 0 Å². The van der Waals surface area contributed by atoms with E-state index in [2.05, 4.69) is 32.8 Å². The largest absolute Gasteiger partial charge is 0.507 e. The zero-order valence-electron chi connectivity index (χ0n) is 9.21. The third-order valence-electron chi connectivity index (χ3n) is 2.49. The summed E-state index contributed by atoms with van der Waals surface area (Å²) >= 11 is 3.30. The van der Waals surface area contributed by atoms with Gasteiger partial charge in [0.15, 0.2) is 0 Å². The van der Waals surface area contributed by atoms with Crippen LogP contribution in [0.15, 0.2) is 22.7 Å². The molecule has 4 heteroatoms. The summed E-state index contributed by atoms with van der Waals surface area (Å²) in [7, 11) is 0. The van der Waals surface area contributed by atoms with Gasteiger partial charge in [0.2, 0.25) is 0 Å². The van der Waals surface area contributed by atoms with E-state index in [0.717, 1.165) is 29.2 Å². The molecule has 0 spiro atoms. The molecular formula is C12H13BrN2O. The average Bonchev–Trinajstić information content (AvgIpc) is 2.64. The number of aromatic hydroxyl groups is 1. The molecule has 16 heavy (non-hydrogen) atoms. The van der Waals surface area contributed by atoms with Gasteiger partial charge < -0.3 is 10.1 Å². The van der Waals surface area contributed by atoms with E-state index in [1.165, 1.54) is 0 Å². The molecule has 1 heterocycles. The highest BCUT2D eigenvalue weighted by Gasteiger charge is 2.09. The summed E-state index contributed by atoms with van der Waals surface area (Å²) in [4.78, 5) is 7.75. The van der Waals surface area contributed by atoms with E-state index in [1.54, 1.807) is 6.07 Å². The van der Waals surface area contributed by atoms with Crippen molar-refractivity contribution in [2.75, 3.05) is 0 Å². The third kappa shape index (κ3) is 1.97. The number of phenols is 1. The molecule has 0 saturated heterocycles. The second-order valence-corrected chi connectivity index (χ2v) is 4.53. The summed E-state index contributed by atoms with van der Waals surface area (Å²) in [6, 6.07) is 5.40. The van der Waals surface area contributed by atoms with Crippen molar-refractivity contribution in [2.24, 2.45) is 0 Å². The number of aromatic nitrogens is 2. The molecule has 2 N–H and O–H groups in total. The quantitative estimate of drug-likeness (QED) is 0.886. The zero-order chi connectivity index (χ0) is 11.7. The molecule has 2 aromatic rings. The summed E-state index contributed by atoms with van der Waals surface area (Å²) < 4.78 is 0.686. The predicted octanol–water partition coefficient (Wildman–Crippen LogP) is 3.42. The van der Waals surface area contributed by atoms with Crippen LogP contribution in [0.5, 0.6) is 5.75 Å². The minimum atomic E-state index is 0.243. The standard InChI is InChI=1S/C12H13BrN2O/c1-3-11-14-7(2)12(15-11)8-4-5-10(16)9(13)6-8/h4-6,16H,3H2,1-2H3,(H,14,15). The first-order valence-corrected chi connectivity index (χ1v) is 5.95. The van der Waals surface area contributed by atoms with Crippen LogP contribution in [0.25, 0.3) is 11.3 Å². The highest BCUT2D eigenvalue weighted by Crippen LogP contribution is 2.30. The second kappa shape index (κ2) is 4.29. The van der Waals surface area contributed by atoms with Crippen LogP contribution in [-0.2, 0) is 6.42 Å². The molecule has 0 amide bonds. The predicted molar refractivity (Wildman–Crippen MR) is 67.5 cm³/mol. The molecule has 0 aliphatic rings. The zero-order valence-corrected chi connectivity index (χ0v) is 10.8. The van der Waals surface area contributed by atoms with Gasteiger partial charge >= 0.3 is 0 Å². The van der Waals surface area contributed by atoms with Crippen molar-refractivity contribution in [2.45, 2.75) is 20.3 Å². The van der Waals surface area contributed by atoms with E-state index in [0.29, 0.717) is 4.47 Å². The van der Waals surface area contributed by atoms with Gasteiger partial charge in [-0.05, 0) is 41.1 Å². The number of benzene rings is 1. The van der Waals surface area contributed by atoms with Crippen LogP contribution in [0.1, 0.15) is 18.4 Å². The van der Waals surface area contributed by atoms with Crippen LogP contribution in [0.4, 0.5) is 0 Å². The van der Waals surface area contributed by atoms with Crippen molar-refractivity contribution in [3.63, 3.8) is 0 Å². The number of phenolic OH excluding ortho intramolecular Hbond substituents is 1. The van der Waals surface area contributed by atoms with Crippen molar-refractivity contribution < 1.29 is 5.11 Å². The summed E-state index contributed by atoms with van der Waals surface area (Å²) in [5.74, 6) is 1.23. The Morgan fingerprint density at radius 1 is 1.44 bits per heavy atom. The van der Waals surface area contributed by atoms with Gasteiger partial charge in [0.25, 0.3) is 0 Å². The number of nitrogens with zero attached hydrogens (tertiary/aromatic N) is 1. The summed E-state index contributed by atoms with van der Waals surface area (Å²) in [6.45, 7) is 4.07. The molecule has 2 rings (SSSR count). The SMILES string of the molecule is CCc1nc(-c2ccc(O)c(Br)c2)c(C)[nH]1. The summed E-state index contributed by atoms with van der Waals surface area (Å²) in [5, 5.41) is 9.44. The Labute approximate surface area is 103 Å². The van der Waals surface area contributed by atoms with E-state index in [9.17, 15) is 5.11 Å². The van der Waals surface area contributed by atoms with Crippen LogP contribution < -0.4 is 0 Å². The van der Waals surface area contributed by atoms with Gasteiger partial charge in [0.05, 0.1) is 10.2 Å². The number of halogens is 1. The Hall–Kier alpha value is -1.29. The van der Waals surface area contributed by atoms with Gasteiger partial charge in [-0.2, -0.15) is 0 Å². The molecule has 0 atom stereocenters. The monoisotopic (exact) mass is 280 g/mol. The van der Waals surface area contributed by atoms with Gasteiger partial charge in [-0.25, -0.2) is 4.98 Å². The molecule has 0 aliphatic carbocycles. The molecule has 1 aromatic heterocycles. The van der Waals surface area contributed by atoms with Crippen molar-refractivity contribution >= 4 is 15.9 Å². The fourth-order valence-electron chi connectivity index (χ4n) is 1.63. The average molecular weight is 281 g/mol. The Kier molecular flexibility index (Phi) is 3.01. The first-order chi connectivity index (χ1) is 7.61. The fourth-order valence-corrected chi connectivity index (χ4v) is 2.00. The van der Waals surface area contributed by atoms with E-state index in [1.807, 2.05) is 19.1 Å². The second-order valence-electron chi connectivity index (χ2n) is 3.68. The molecule has 0 fully saturated rings. The van der Waals surface area contributed by atoms with Crippen LogP contribution in [0, 0.1) is 6.92 Å². The normalized spacial score (nSPS) is 10.7. The minimum absolute atomic E-state index is 0.243. The van der Waals surface area contributed by atoms with Crippen molar-refractivity contribution in [1.29, 1.82) is 0 Å². The van der Waals surface area contributed by atoms with Gasteiger partial charge in [0, 0.05) is 17.7 Å². The van der Waals surface area contributed by atoms with Crippen molar-refractivity contribution in [1.82, 2.24) is 9.97 Å². The molecule has 0 unspecified atom stereocenters. The molecule has 3 nitrogen and oxygen atoms in total. The molecule has 1 aromatic carbocycles. The topological polar surface area (TPSA) is 48.9 Å². The maximum Gasteiger partial charge on any atom is 0.129 e. The highest BCUT2D eigenvalue weighted by atomic mass is 79.9. The first-order valence-electron chi connectivity index (χ1n) is 5.16. The van der Waals surface area contributed by atoms with Crippen LogP contribution >= 0.6 is 15.9 Å². The smallest absolute Gasteiger partial charge is 0.129 e. The fraction of sp³-hybridized carbons (Fsp3) is 0.250. The van der Waals surface area contributed by atoms with E-state index >= 15 is 0 Å². The molecule has 0 radical (unpaired) electrons. The van der Waals surface area contributed by atoms with Gasteiger partial charge in [-0.3, -0.25) is 0 Å². The lowest BCUT2D eigenvalue weighted by molar-refractivity contribution is 0.472. The lowest BCUT2D eigenvalue weighted by Crippen LogP contribution is -1.83. The van der Waals surface area contributed by atoms with E-state index < -0.39 is 0 Å². The molecule has 0 bridgehead atoms. The Balaban J connectivity index is 2.49. The Bertz CT molecular complexity index is 520.